The molecule has 4 amide bonds. The van der Waals surface area contributed by atoms with Gasteiger partial charge in [0, 0.05) is 12.6 Å². The van der Waals surface area contributed by atoms with Crippen molar-refractivity contribution >= 4 is 17.8 Å². The summed E-state index contributed by atoms with van der Waals surface area (Å²) < 4.78 is 0. The molecule has 0 radical (unpaired) electrons. The van der Waals surface area contributed by atoms with Gasteiger partial charge in [-0.15, -0.1) is 0 Å². The largest absolute Gasteiger partial charge is 0.353 e. The van der Waals surface area contributed by atoms with Crippen LogP contribution in [0.15, 0.2) is 30.3 Å². The minimum Gasteiger partial charge on any atom is -0.353 e. The average Bonchev–Trinajstić information content (AvgIpc) is 3.54. The van der Waals surface area contributed by atoms with E-state index >= 15 is 0 Å². The van der Waals surface area contributed by atoms with E-state index in [0.717, 1.165) is 37.3 Å². The fraction of sp³-hybridized carbons (Fsp3) is 0.591. The topological polar surface area (TPSA) is 81.8 Å². The Kier molecular flexibility index (Phi) is 6.57. The molecular formula is C22H32N4O3. The van der Waals surface area contributed by atoms with Gasteiger partial charge >= 0.3 is 6.03 Å². The maximum Gasteiger partial charge on any atom is 0.325 e. The van der Waals surface area contributed by atoms with E-state index in [2.05, 4.69) is 41.5 Å². The van der Waals surface area contributed by atoms with Crippen LogP contribution in [-0.2, 0) is 16.0 Å². The number of rotatable bonds is 10. The summed E-state index contributed by atoms with van der Waals surface area (Å²) >= 11 is 0. The summed E-state index contributed by atoms with van der Waals surface area (Å²) in [7, 11) is 0. The molecule has 1 saturated heterocycles. The van der Waals surface area contributed by atoms with E-state index in [-0.39, 0.29) is 30.3 Å². The van der Waals surface area contributed by atoms with E-state index in [1.165, 1.54) is 5.56 Å². The first-order chi connectivity index (χ1) is 13.9. The predicted octanol–water partition coefficient (Wildman–Crippen LogP) is 1.78. The lowest BCUT2D eigenvalue weighted by atomic mass is 9.96. The normalized spacial score (nSPS) is 22.7. The third-order valence-electron chi connectivity index (χ3n) is 6.17. The van der Waals surface area contributed by atoms with Gasteiger partial charge < -0.3 is 10.6 Å². The minimum absolute atomic E-state index is 0.149. The average molecular weight is 401 g/mol. The van der Waals surface area contributed by atoms with Gasteiger partial charge in [-0.05, 0) is 50.8 Å². The first-order valence-electron chi connectivity index (χ1n) is 10.6. The summed E-state index contributed by atoms with van der Waals surface area (Å²) in [6, 6.07) is 9.88. The zero-order chi connectivity index (χ0) is 21.0. The Morgan fingerprint density at radius 1 is 1.24 bits per heavy atom. The number of benzene rings is 1. The summed E-state index contributed by atoms with van der Waals surface area (Å²) in [6.45, 7) is 7.99. The molecule has 0 bridgehead atoms. The second-order valence-electron chi connectivity index (χ2n) is 8.17. The van der Waals surface area contributed by atoms with Crippen molar-refractivity contribution < 1.29 is 14.4 Å². The lowest BCUT2D eigenvalue weighted by molar-refractivity contribution is -0.135. The highest BCUT2D eigenvalue weighted by Gasteiger charge is 2.56. The van der Waals surface area contributed by atoms with Crippen molar-refractivity contribution in [2.75, 3.05) is 26.2 Å². The molecule has 2 aliphatic rings. The van der Waals surface area contributed by atoms with Crippen LogP contribution in [0.25, 0.3) is 0 Å². The molecule has 7 nitrogen and oxygen atoms in total. The first kappa shape index (κ1) is 21.3. The number of nitrogens with one attached hydrogen (secondary N) is 2. The molecule has 0 spiro atoms. The van der Waals surface area contributed by atoms with Gasteiger partial charge in [0.15, 0.2) is 0 Å². The molecule has 3 rings (SSSR count). The number of imide groups is 1. The van der Waals surface area contributed by atoms with Crippen LogP contribution in [0, 0.1) is 5.92 Å². The Bertz CT molecular complexity index is 746. The van der Waals surface area contributed by atoms with Crippen LogP contribution in [0.4, 0.5) is 4.79 Å². The highest BCUT2D eigenvalue weighted by Crippen LogP contribution is 2.42. The third-order valence-corrected chi connectivity index (χ3v) is 6.17. The first-order valence-corrected chi connectivity index (χ1v) is 10.6. The zero-order valence-corrected chi connectivity index (χ0v) is 17.6. The molecule has 1 heterocycles. The molecule has 2 fully saturated rings. The molecule has 1 saturated carbocycles. The van der Waals surface area contributed by atoms with E-state index in [1.54, 1.807) is 6.92 Å². The van der Waals surface area contributed by atoms with Crippen molar-refractivity contribution in [2.45, 2.75) is 51.6 Å². The smallest absolute Gasteiger partial charge is 0.325 e. The van der Waals surface area contributed by atoms with Gasteiger partial charge in [0.25, 0.3) is 5.91 Å². The second-order valence-corrected chi connectivity index (χ2v) is 8.17. The number of likely N-dealkylation sites (N-methyl/N-ethyl adjacent to an activating group) is 1. The van der Waals surface area contributed by atoms with Gasteiger partial charge in [-0.25, -0.2) is 4.79 Å². The monoisotopic (exact) mass is 400 g/mol. The number of urea groups is 1. The molecule has 1 aliphatic carbocycles. The Morgan fingerprint density at radius 2 is 1.90 bits per heavy atom. The van der Waals surface area contributed by atoms with Crippen LogP contribution in [0.1, 0.15) is 39.2 Å². The van der Waals surface area contributed by atoms with Gasteiger partial charge in [-0.3, -0.25) is 19.4 Å². The number of carbonyl (C=O) groups is 3. The summed E-state index contributed by atoms with van der Waals surface area (Å²) in [6.07, 6.45) is 2.70. The number of nitrogens with zero attached hydrogens (tertiary/aromatic N) is 2. The number of carbonyl (C=O) groups excluding carboxylic acids is 3. The van der Waals surface area contributed by atoms with E-state index in [0.29, 0.717) is 6.54 Å². The fourth-order valence-electron chi connectivity index (χ4n) is 4.18. The van der Waals surface area contributed by atoms with Crippen LogP contribution in [0.3, 0.4) is 0 Å². The molecule has 1 aliphatic heterocycles. The van der Waals surface area contributed by atoms with E-state index in [1.807, 2.05) is 18.2 Å². The molecule has 1 aromatic rings. The molecular weight excluding hydrogens is 368 g/mol. The Labute approximate surface area is 172 Å². The Hall–Kier alpha value is -2.41. The van der Waals surface area contributed by atoms with Crippen molar-refractivity contribution in [1.29, 1.82) is 0 Å². The van der Waals surface area contributed by atoms with Crippen LogP contribution in [0.2, 0.25) is 0 Å². The number of hydrogen-bond donors (Lipinski definition) is 2. The molecule has 0 aromatic heterocycles. The molecule has 2 atom stereocenters. The lowest BCUT2D eigenvalue weighted by Crippen LogP contribution is -2.49. The minimum atomic E-state index is -0.853. The van der Waals surface area contributed by atoms with Gasteiger partial charge in [0.05, 0.1) is 0 Å². The summed E-state index contributed by atoms with van der Waals surface area (Å²) in [5, 5.41) is 5.72. The number of amides is 4. The van der Waals surface area contributed by atoms with E-state index < -0.39 is 11.6 Å². The van der Waals surface area contributed by atoms with Crippen molar-refractivity contribution in [3.63, 3.8) is 0 Å². The van der Waals surface area contributed by atoms with Gasteiger partial charge in [-0.2, -0.15) is 0 Å². The zero-order valence-electron chi connectivity index (χ0n) is 17.6. The van der Waals surface area contributed by atoms with Crippen molar-refractivity contribution in [3.05, 3.63) is 35.9 Å². The SMILES string of the molecule is CCN(CC)[C@H](CNC(=O)CN1C(=O)N[C@](C)(C2CC2)C1=O)Cc1ccccc1. The lowest BCUT2D eigenvalue weighted by Gasteiger charge is -2.30. The molecule has 158 valence electrons. The van der Waals surface area contributed by atoms with Gasteiger partial charge in [0.2, 0.25) is 5.91 Å². The van der Waals surface area contributed by atoms with Gasteiger partial charge in [0.1, 0.15) is 12.1 Å². The van der Waals surface area contributed by atoms with Crippen molar-refractivity contribution in [3.8, 4) is 0 Å². The molecule has 0 unspecified atom stereocenters. The predicted molar refractivity (Wildman–Crippen MR) is 111 cm³/mol. The van der Waals surface area contributed by atoms with Crippen LogP contribution < -0.4 is 10.6 Å². The standard InChI is InChI=1S/C22H32N4O3/c1-4-25(5-2)18(13-16-9-7-6-8-10-16)14-23-19(27)15-26-20(28)22(3,17-11-12-17)24-21(26)29/h6-10,17-18H,4-5,11-15H2,1-3H3,(H,23,27)(H,24,29)/t18-,22+/m0/s1. The summed E-state index contributed by atoms with van der Waals surface area (Å²) in [5.41, 5.74) is 0.363. The maximum atomic E-state index is 12.7. The van der Waals surface area contributed by atoms with Gasteiger partial charge in [-0.1, -0.05) is 44.2 Å². The Balaban J connectivity index is 1.58. The van der Waals surface area contributed by atoms with E-state index in [4.69, 9.17) is 0 Å². The van der Waals surface area contributed by atoms with E-state index in [9.17, 15) is 14.4 Å². The van der Waals surface area contributed by atoms with Crippen LogP contribution >= 0.6 is 0 Å². The quantitative estimate of drug-likeness (QED) is 0.587. The van der Waals surface area contributed by atoms with Crippen LogP contribution in [0.5, 0.6) is 0 Å². The second kappa shape index (κ2) is 8.95. The molecule has 1 aromatic carbocycles. The van der Waals surface area contributed by atoms with Crippen LogP contribution in [-0.4, -0.2) is 65.4 Å². The highest BCUT2D eigenvalue weighted by atomic mass is 16.2. The fourth-order valence-corrected chi connectivity index (χ4v) is 4.18. The van der Waals surface area contributed by atoms with Crippen molar-refractivity contribution in [2.24, 2.45) is 5.92 Å². The van der Waals surface area contributed by atoms with Crippen molar-refractivity contribution in [1.82, 2.24) is 20.4 Å². The number of hydrogen-bond acceptors (Lipinski definition) is 4. The molecule has 7 heteroatoms. The third kappa shape index (κ3) is 4.78. The summed E-state index contributed by atoms with van der Waals surface area (Å²) in [5.74, 6) is -0.409. The molecule has 29 heavy (non-hydrogen) atoms. The highest BCUT2D eigenvalue weighted by molar-refractivity contribution is 6.09. The maximum absolute atomic E-state index is 12.7. The Morgan fingerprint density at radius 3 is 2.48 bits per heavy atom. The molecule has 2 N–H and O–H groups in total. The summed E-state index contributed by atoms with van der Waals surface area (Å²) in [4.78, 5) is 40.8.